The molecular formula is C15H18FN3O. The number of ether oxygens (including phenoxy) is 1. The van der Waals surface area contributed by atoms with Crippen LogP contribution in [0.15, 0.2) is 36.8 Å². The summed E-state index contributed by atoms with van der Waals surface area (Å²) in [4.78, 5) is 8.29. The van der Waals surface area contributed by atoms with E-state index in [1.165, 1.54) is 13.2 Å². The predicted octanol–water partition coefficient (Wildman–Crippen LogP) is 3.04. The van der Waals surface area contributed by atoms with Crippen molar-refractivity contribution in [2.75, 3.05) is 7.11 Å². The lowest BCUT2D eigenvalue weighted by atomic mass is 10.1. The van der Waals surface area contributed by atoms with Crippen LogP contribution >= 0.6 is 0 Å². The van der Waals surface area contributed by atoms with Crippen LogP contribution in [0, 0.1) is 5.82 Å². The van der Waals surface area contributed by atoms with Gasteiger partial charge in [-0.25, -0.2) is 4.39 Å². The molecule has 1 aromatic carbocycles. The minimum atomic E-state index is -0.356. The molecule has 1 aromatic heterocycles. The van der Waals surface area contributed by atoms with Crippen LogP contribution in [0.25, 0.3) is 0 Å². The smallest absolute Gasteiger partial charge is 0.165 e. The summed E-state index contributed by atoms with van der Waals surface area (Å²) in [5.74, 6) is -0.103. The normalized spacial score (nSPS) is 13.8. The maximum Gasteiger partial charge on any atom is 0.165 e. The van der Waals surface area contributed by atoms with Gasteiger partial charge in [0.2, 0.25) is 0 Å². The molecule has 0 saturated heterocycles. The summed E-state index contributed by atoms with van der Waals surface area (Å²) in [7, 11) is 1.45. The molecule has 20 heavy (non-hydrogen) atoms. The number of benzene rings is 1. The van der Waals surface area contributed by atoms with E-state index in [0.717, 1.165) is 11.3 Å². The summed E-state index contributed by atoms with van der Waals surface area (Å²) in [6.07, 6.45) is 5.02. The summed E-state index contributed by atoms with van der Waals surface area (Å²) in [5.41, 5.74) is 1.72. The molecule has 2 atom stereocenters. The summed E-state index contributed by atoms with van der Waals surface area (Å²) >= 11 is 0. The summed E-state index contributed by atoms with van der Waals surface area (Å²) in [6, 6.07) is 5.00. The molecule has 0 aliphatic rings. The minimum Gasteiger partial charge on any atom is -0.494 e. The number of hydrogen-bond acceptors (Lipinski definition) is 4. The van der Waals surface area contributed by atoms with Crippen LogP contribution in [-0.2, 0) is 0 Å². The van der Waals surface area contributed by atoms with E-state index in [2.05, 4.69) is 15.3 Å². The monoisotopic (exact) mass is 275 g/mol. The number of hydrogen-bond donors (Lipinski definition) is 1. The Morgan fingerprint density at radius 3 is 2.60 bits per heavy atom. The van der Waals surface area contributed by atoms with Gasteiger partial charge in [0, 0.05) is 30.7 Å². The van der Waals surface area contributed by atoms with Gasteiger partial charge in [0.15, 0.2) is 11.6 Å². The fourth-order valence-corrected chi connectivity index (χ4v) is 2.04. The van der Waals surface area contributed by atoms with E-state index in [1.807, 2.05) is 19.9 Å². The number of aromatic nitrogens is 2. The van der Waals surface area contributed by atoms with Gasteiger partial charge in [0.25, 0.3) is 0 Å². The van der Waals surface area contributed by atoms with Gasteiger partial charge in [-0.05, 0) is 31.5 Å². The molecule has 0 aliphatic carbocycles. The maximum absolute atomic E-state index is 13.7. The van der Waals surface area contributed by atoms with Crippen molar-refractivity contribution in [3.05, 3.63) is 53.9 Å². The Morgan fingerprint density at radius 1 is 1.20 bits per heavy atom. The molecule has 5 heteroatoms. The van der Waals surface area contributed by atoms with E-state index in [1.54, 1.807) is 24.7 Å². The lowest BCUT2D eigenvalue weighted by Crippen LogP contribution is -2.23. The van der Waals surface area contributed by atoms with E-state index in [4.69, 9.17) is 4.74 Å². The highest BCUT2D eigenvalue weighted by atomic mass is 19.1. The molecular weight excluding hydrogens is 257 g/mol. The average molecular weight is 275 g/mol. The molecule has 0 spiro atoms. The Hall–Kier alpha value is -2.01. The first-order valence-corrected chi connectivity index (χ1v) is 6.47. The molecule has 2 aromatic rings. The van der Waals surface area contributed by atoms with Crippen LogP contribution in [0.4, 0.5) is 4.39 Å². The third kappa shape index (κ3) is 3.30. The van der Waals surface area contributed by atoms with Crippen molar-refractivity contribution < 1.29 is 9.13 Å². The zero-order valence-electron chi connectivity index (χ0n) is 11.8. The highest BCUT2D eigenvalue weighted by Gasteiger charge is 2.14. The fraction of sp³-hybridized carbons (Fsp3) is 0.333. The lowest BCUT2D eigenvalue weighted by molar-refractivity contribution is 0.385. The van der Waals surface area contributed by atoms with Crippen molar-refractivity contribution in [1.82, 2.24) is 15.3 Å². The summed E-state index contributed by atoms with van der Waals surface area (Å²) in [5, 5.41) is 3.37. The molecule has 2 rings (SSSR count). The molecule has 1 N–H and O–H groups in total. The van der Waals surface area contributed by atoms with E-state index >= 15 is 0 Å². The van der Waals surface area contributed by atoms with Gasteiger partial charge in [-0.15, -0.1) is 0 Å². The van der Waals surface area contributed by atoms with Crippen molar-refractivity contribution in [2.45, 2.75) is 25.9 Å². The van der Waals surface area contributed by atoms with E-state index in [-0.39, 0.29) is 23.7 Å². The lowest BCUT2D eigenvalue weighted by Gasteiger charge is -2.20. The standard InChI is InChI=1S/C15H18FN3O/c1-10(12-4-5-15(20-3)13(16)8-12)19-11(2)14-9-17-6-7-18-14/h4-11,19H,1-3H3. The van der Waals surface area contributed by atoms with E-state index < -0.39 is 0 Å². The average Bonchev–Trinajstić information content (AvgIpc) is 2.48. The molecule has 106 valence electrons. The second kappa shape index (κ2) is 6.43. The Morgan fingerprint density at radius 2 is 2.00 bits per heavy atom. The van der Waals surface area contributed by atoms with Crippen LogP contribution < -0.4 is 10.1 Å². The van der Waals surface area contributed by atoms with Gasteiger partial charge in [-0.3, -0.25) is 9.97 Å². The van der Waals surface area contributed by atoms with Gasteiger partial charge in [-0.1, -0.05) is 6.07 Å². The Balaban J connectivity index is 2.08. The van der Waals surface area contributed by atoms with Gasteiger partial charge >= 0.3 is 0 Å². The fourth-order valence-electron chi connectivity index (χ4n) is 2.04. The second-order valence-electron chi connectivity index (χ2n) is 4.63. The highest BCUT2D eigenvalue weighted by Crippen LogP contribution is 2.23. The summed E-state index contributed by atoms with van der Waals surface area (Å²) < 4.78 is 18.6. The van der Waals surface area contributed by atoms with Gasteiger partial charge < -0.3 is 10.1 Å². The van der Waals surface area contributed by atoms with E-state index in [0.29, 0.717) is 0 Å². The van der Waals surface area contributed by atoms with E-state index in [9.17, 15) is 4.39 Å². The molecule has 4 nitrogen and oxygen atoms in total. The van der Waals surface area contributed by atoms with Gasteiger partial charge in [-0.2, -0.15) is 0 Å². The number of rotatable bonds is 5. The largest absolute Gasteiger partial charge is 0.494 e. The first-order chi connectivity index (χ1) is 9.61. The van der Waals surface area contributed by atoms with Gasteiger partial charge in [0.05, 0.1) is 12.8 Å². The van der Waals surface area contributed by atoms with Crippen LogP contribution in [0.3, 0.4) is 0 Å². The second-order valence-corrected chi connectivity index (χ2v) is 4.63. The Bertz CT molecular complexity index is 562. The molecule has 2 unspecified atom stereocenters. The quantitative estimate of drug-likeness (QED) is 0.911. The number of methoxy groups -OCH3 is 1. The molecule has 0 amide bonds. The van der Waals surface area contributed by atoms with Crippen molar-refractivity contribution in [3.63, 3.8) is 0 Å². The highest BCUT2D eigenvalue weighted by molar-refractivity contribution is 5.30. The molecule has 1 heterocycles. The first-order valence-electron chi connectivity index (χ1n) is 6.47. The molecule has 0 bridgehead atoms. The van der Waals surface area contributed by atoms with Crippen molar-refractivity contribution in [2.24, 2.45) is 0 Å². The maximum atomic E-state index is 13.7. The minimum absolute atomic E-state index is 0.00703. The number of halogens is 1. The topological polar surface area (TPSA) is 47.0 Å². The van der Waals surface area contributed by atoms with Crippen LogP contribution in [0.1, 0.15) is 37.2 Å². The predicted molar refractivity (Wildman–Crippen MR) is 74.9 cm³/mol. The molecule has 0 fully saturated rings. The molecule has 0 radical (unpaired) electrons. The van der Waals surface area contributed by atoms with Crippen molar-refractivity contribution >= 4 is 0 Å². The number of nitrogens with zero attached hydrogens (tertiary/aromatic N) is 2. The molecule has 0 aliphatic heterocycles. The third-order valence-electron chi connectivity index (χ3n) is 3.20. The van der Waals surface area contributed by atoms with Crippen LogP contribution in [-0.4, -0.2) is 17.1 Å². The van der Waals surface area contributed by atoms with Crippen LogP contribution in [0.5, 0.6) is 5.75 Å². The SMILES string of the molecule is COc1ccc(C(C)NC(C)c2cnccn2)cc1F. The Kier molecular flexibility index (Phi) is 4.63. The summed E-state index contributed by atoms with van der Waals surface area (Å²) in [6.45, 7) is 3.98. The van der Waals surface area contributed by atoms with Crippen LogP contribution in [0.2, 0.25) is 0 Å². The molecule has 0 saturated carbocycles. The number of nitrogens with one attached hydrogen (secondary N) is 1. The third-order valence-corrected chi connectivity index (χ3v) is 3.20. The Labute approximate surface area is 118 Å². The first kappa shape index (κ1) is 14.4. The zero-order chi connectivity index (χ0) is 14.5. The zero-order valence-corrected chi connectivity index (χ0v) is 11.8. The van der Waals surface area contributed by atoms with Crippen molar-refractivity contribution in [3.8, 4) is 5.75 Å². The van der Waals surface area contributed by atoms with Gasteiger partial charge in [0.1, 0.15) is 0 Å². The van der Waals surface area contributed by atoms with Crippen molar-refractivity contribution in [1.29, 1.82) is 0 Å².